The van der Waals surface area contributed by atoms with E-state index >= 15 is 0 Å². The van der Waals surface area contributed by atoms with E-state index in [1.54, 1.807) is 0 Å². The second kappa shape index (κ2) is 6.73. The van der Waals surface area contributed by atoms with Crippen LogP contribution in [0.2, 0.25) is 5.02 Å². The number of piperidine rings is 1. The van der Waals surface area contributed by atoms with Gasteiger partial charge in [0.05, 0.1) is 5.02 Å². The second-order valence-electron chi connectivity index (χ2n) is 4.46. The van der Waals surface area contributed by atoms with E-state index in [2.05, 4.69) is 10.6 Å². The molecule has 2 N–H and O–H groups in total. The lowest BCUT2D eigenvalue weighted by atomic mass is 10.1. The van der Waals surface area contributed by atoms with Crippen LogP contribution in [0.15, 0.2) is 18.2 Å². The number of benzene rings is 1. The molecule has 0 aliphatic carbocycles. The van der Waals surface area contributed by atoms with Gasteiger partial charge in [-0.1, -0.05) is 11.6 Å². The van der Waals surface area contributed by atoms with E-state index < -0.39 is 5.82 Å². The molecule has 0 unspecified atom stereocenters. The van der Waals surface area contributed by atoms with Crippen molar-refractivity contribution in [2.75, 3.05) is 19.7 Å². The van der Waals surface area contributed by atoms with Gasteiger partial charge in [0, 0.05) is 6.04 Å². The average molecular weight is 287 g/mol. The molecule has 1 amide bonds. The molecule has 1 aliphatic heterocycles. The number of rotatable bonds is 4. The standard InChI is InChI=1S/C13H16ClFN2O2/c14-11-7-9(15)1-2-12(11)19-8-13(18)17-10-3-5-16-6-4-10/h1-2,7,10,16H,3-6,8H2,(H,17,18). The fourth-order valence-corrected chi connectivity index (χ4v) is 2.19. The first-order valence-electron chi connectivity index (χ1n) is 6.23. The minimum atomic E-state index is -0.434. The largest absolute Gasteiger partial charge is 0.482 e. The Labute approximate surface area is 116 Å². The lowest BCUT2D eigenvalue weighted by molar-refractivity contribution is -0.123. The zero-order chi connectivity index (χ0) is 13.7. The molecular formula is C13H16ClFN2O2. The maximum absolute atomic E-state index is 12.8. The van der Waals surface area contributed by atoms with Crippen LogP contribution >= 0.6 is 11.6 Å². The van der Waals surface area contributed by atoms with E-state index in [-0.39, 0.29) is 23.6 Å². The number of amides is 1. The summed E-state index contributed by atoms with van der Waals surface area (Å²) in [7, 11) is 0. The third kappa shape index (κ3) is 4.36. The molecule has 1 fully saturated rings. The van der Waals surface area contributed by atoms with E-state index in [0.29, 0.717) is 5.75 Å². The smallest absolute Gasteiger partial charge is 0.258 e. The minimum absolute atomic E-state index is 0.116. The Morgan fingerprint density at radius 2 is 2.21 bits per heavy atom. The van der Waals surface area contributed by atoms with Crippen LogP contribution in [-0.2, 0) is 4.79 Å². The molecule has 2 rings (SSSR count). The summed E-state index contributed by atoms with van der Waals surface area (Å²) in [6.07, 6.45) is 1.84. The van der Waals surface area contributed by atoms with Crippen LogP contribution in [0.25, 0.3) is 0 Å². The van der Waals surface area contributed by atoms with Crippen LogP contribution in [0.3, 0.4) is 0 Å². The summed E-state index contributed by atoms with van der Waals surface area (Å²) in [6.45, 7) is 1.71. The average Bonchev–Trinajstić information content (AvgIpc) is 2.39. The maximum Gasteiger partial charge on any atom is 0.258 e. The van der Waals surface area contributed by atoms with Gasteiger partial charge in [0.25, 0.3) is 5.91 Å². The Kier molecular flexibility index (Phi) is 4.99. The quantitative estimate of drug-likeness (QED) is 0.886. The van der Waals surface area contributed by atoms with Crippen molar-refractivity contribution in [1.82, 2.24) is 10.6 Å². The Hall–Kier alpha value is -1.33. The van der Waals surface area contributed by atoms with E-state index in [1.807, 2.05) is 0 Å². The highest BCUT2D eigenvalue weighted by molar-refractivity contribution is 6.32. The molecule has 0 aromatic heterocycles. The van der Waals surface area contributed by atoms with Gasteiger partial charge in [-0.05, 0) is 44.1 Å². The van der Waals surface area contributed by atoms with Crippen LogP contribution in [0, 0.1) is 5.82 Å². The number of hydrogen-bond acceptors (Lipinski definition) is 3. The highest BCUT2D eigenvalue weighted by Crippen LogP contribution is 2.24. The van der Waals surface area contributed by atoms with Gasteiger partial charge in [0.1, 0.15) is 11.6 Å². The summed E-state index contributed by atoms with van der Waals surface area (Å²) < 4.78 is 18.1. The van der Waals surface area contributed by atoms with Crippen molar-refractivity contribution in [3.63, 3.8) is 0 Å². The molecule has 0 bridgehead atoms. The van der Waals surface area contributed by atoms with Crippen LogP contribution in [0.4, 0.5) is 4.39 Å². The van der Waals surface area contributed by atoms with Crippen molar-refractivity contribution < 1.29 is 13.9 Å². The summed E-state index contributed by atoms with van der Waals surface area (Å²) in [5, 5.41) is 6.28. The monoisotopic (exact) mass is 286 g/mol. The Balaban J connectivity index is 1.79. The lowest BCUT2D eigenvalue weighted by Gasteiger charge is -2.23. The van der Waals surface area contributed by atoms with Gasteiger partial charge in [-0.15, -0.1) is 0 Å². The predicted molar refractivity (Wildman–Crippen MR) is 70.9 cm³/mol. The van der Waals surface area contributed by atoms with Gasteiger partial charge in [-0.25, -0.2) is 4.39 Å². The third-order valence-corrected chi connectivity index (χ3v) is 3.25. The third-order valence-electron chi connectivity index (χ3n) is 2.96. The molecule has 6 heteroatoms. The highest BCUT2D eigenvalue weighted by atomic mass is 35.5. The fraction of sp³-hybridized carbons (Fsp3) is 0.462. The number of ether oxygens (including phenoxy) is 1. The van der Waals surface area contributed by atoms with E-state index in [4.69, 9.17) is 16.3 Å². The zero-order valence-electron chi connectivity index (χ0n) is 10.4. The van der Waals surface area contributed by atoms with E-state index in [9.17, 15) is 9.18 Å². The molecular weight excluding hydrogens is 271 g/mol. The maximum atomic E-state index is 12.8. The Morgan fingerprint density at radius 3 is 2.89 bits per heavy atom. The normalized spacial score (nSPS) is 16.1. The van der Waals surface area contributed by atoms with Crippen LogP contribution < -0.4 is 15.4 Å². The Morgan fingerprint density at radius 1 is 1.47 bits per heavy atom. The molecule has 1 saturated heterocycles. The van der Waals surface area contributed by atoms with E-state index in [0.717, 1.165) is 32.0 Å². The van der Waals surface area contributed by atoms with Crippen molar-refractivity contribution in [3.05, 3.63) is 29.0 Å². The van der Waals surface area contributed by atoms with E-state index in [1.165, 1.54) is 12.1 Å². The van der Waals surface area contributed by atoms with Gasteiger partial charge in [0.2, 0.25) is 0 Å². The first-order chi connectivity index (χ1) is 9.15. The van der Waals surface area contributed by atoms with Crippen LogP contribution in [0.1, 0.15) is 12.8 Å². The van der Waals surface area contributed by atoms with Crippen molar-refractivity contribution in [2.45, 2.75) is 18.9 Å². The first-order valence-corrected chi connectivity index (χ1v) is 6.61. The SMILES string of the molecule is O=C(COc1ccc(F)cc1Cl)NC1CCNCC1. The van der Waals surface area contributed by atoms with Crippen molar-refractivity contribution in [1.29, 1.82) is 0 Å². The molecule has 104 valence electrons. The van der Waals surface area contributed by atoms with Crippen molar-refractivity contribution >= 4 is 17.5 Å². The number of halogens is 2. The topological polar surface area (TPSA) is 50.4 Å². The molecule has 4 nitrogen and oxygen atoms in total. The van der Waals surface area contributed by atoms with Gasteiger partial charge >= 0.3 is 0 Å². The summed E-state index contributed by atoms with van der Waals surface area (Å²) in [4.78, 5) is 11.7. The summed E-state index contributed by atoms with van der Waals surface area (Å²) in [5.74, 6) is -0.313. The lowest BCUT2D eigenvalue weighted by Crippen LogP contribution is -2.44. The molecule has 1 heterocycles. The summed E-state index contributed by atoms with van der Waals surface area (Å²) >= 11 is 5.80. The van der Waals surface area contributed by atoms with Gasteiger partial charge < -0.3 is 15.4 Å². The number of carbonyl (C=O) groups excluding carboxylic acids is 1. The molecule has 1 aliphatic rings. The molecule has 0 atom stereocenters. The molecule has 1 aromatic rings. The van der Waals surface area contributed by atoms with Crippen LogP contribution in [-0.4, -0.2) is 31.6 Å². The molecule has 1 aromatic carbocycles. The van der Waals surface area contributed by atoms with Gasteiger partial charge in [0.15, 0.2) is 6.61 Å². The number of nitrogens with one attached hydrogen (secondary N) is 2. The highest BCUT2D eigenvalue weighted by Gasteiger charge is 2.15. The zero-order valence-corrected chi connectivity index (χ0v) is 11.2. The van der Waals surface area contributed by atoms with Crippen LogP contribution in [0.5, 0.6) is 5.75 Å². The van der Waals surface area contributed by atoms with Crippen molar-refractivity contribution in [2.24, 2.45) is 0 Å². The van der Waals surface area contributed by atoms with Gasteiger partial charge in [-0.2, -0.15) is 0 Å². The fourth-order valence-electron chi connectivity index (χ4n) is 1.97. The second-order valence-corrected chi connectivity index (χ2v) is 4.86. The molecule has 0 spiro atoms. The number of hydrogen-bond donors (Lipinski definition) is 2. The first kappa shape index (κ1) is 14.1. The molecule has 19 heavy (non-hydrogen) atoms. The predicted octanol–water partition coefficient (Wildman–Crippen LogP) is 1.73. The molecule has 0 saturated carbocycles. The summed E-state index contributed by atoms with van der Waals surface area (Å²) in [6, 6.07) is 4.00. The molecule has 0 radical (unpaired) electrons. The van der Waals surface area contributed by atoms with Gasteiger partial charge in [-0.3, -0.25) is 4.79 Å². The number of carbonyl (C=O) groups is 1. The summed E-state index contributed by atoms with van der Waals surface area (Å²) in [5.41, 5.74) is 0. The Bertz CT molecular complexity index is 450. The van der Waals surface area contributed by atoms with Crippen molar-refractivity contribution in [3.8, 4) is 5.75 Å². The minimum Gasteiger partial charge on any atom is -0.482 e.